The first-order chi connectivity index (χ1) is 18.0. The van der Waals surface area contributed by atoms with Crippen LogP contribution < -0.4 is 5.43 Å². The summed E-state index contributed by atoms with van der Waals surface area (Å²) in [5, 5.41) is 15.2. The second-order valence-corrected chi connectivity index (χ2v) is 10.8. The van der Waals surface area contributed by atoms with Gasteiger partial charge in [-0.1, -0.05) is 78.9 Å². The summed E-state index contributed by atoms with van der Waals surface area (Å²) in [6, 6.07) is 32.7. The van der Waals surface area contributed by atoms with Gasteiger partial charge < -0.3 is 9.67 Å². The quantitative estimate of drug-likeness (QED) is 0.105. The molecular weight excluding hydrogens is 688 g/mol. The van der Waals surface area contributed by atoms with Crippen molar-refractivity contribution < 1.29 is 9.90 Å². The molecule has 0 aliphatic rings. The van der Waals surface area contributed by atoms with Crippen LogP contribution in [0.1, 0.15) is 12.0 Å². The fourth-order valence-corrected chi connectivity index (χ4v) is 6.25. The number of carbonyl (C=O) groups is 1. The number of phenolic OH excluding ortho intramolecular Hbond substituents is 1. The van der Waals surface area contributed by atoms with Gasteiger partial charge in [0.25, 0.3) is 0 Å². The number of benzene rings is 4. The van der Waals surface area contributed by atoms with Crippen molar-refractivity contribution in [2.45, 2.75) is 13.0 Å². The van der Waals surface area contributed by atoms with E-state index in [0.717, 1.165) is 46.0 Å². The van der Waals surface area contributed by atoms with E-state index in [0.29, 0.717) is 6.54 Å². The van der Waals surface area contributed by atoms with E-state index in [4.69, 9.17) is 0 Å². The molecule has 0 fully saturated rings. The third-order valence-electron chi connectivity index (χ3n) is 6.09. The number of phenols is 1. The van der Waals surface area contributed by atoms with Crippen LogP contribution in [0.15, 0.2) is 102 Å². The van der Waals surface area contributed by atoms with Crippen molar-refractivity contribution in [3.05, 3.63) is 110 Å². The predicted octanol–water partition coefficient (Wildman–Crippen LogP) is 7.43. The molecule has 7 heteroatoms. The number of amides is 1. The number of hydrogen-bond donors (Lipinski definition) is 2. The number of para-hydroxylation sites is 1. The lowest BCUT2D eigenvalue weighted by Gasteiger charge is -2.13. The number of halogens is 2. The molecule has 1 heterocycles. The van der Waals surface area contributed by atoms with Crippen LogP contribution in [-0.2, 0) is 11.3 Å². The Bertz CT molecular complexity index is 1570. The Labute approximate surface area is 242 Å². The first-order valence-corrected chi connectivity index (χ1v) is 13.9. The van der Waals surface area contributed by atoms with Gasteiger partial charge in [0.1, 0.15) is 5.75 Å². The van der Waals surface area contributed by atoms with Gasteiger partial charge in [0, 0.05) is 29.4 Å². The molecule has 37 heavy (non-hydrogen) atoms. The molecule has 0 aliphatic heterocycles. The highest BCUT2D eigenvalue weighted by atomic mass is 127. The molecule has 5 nitrogen and oxygen atoms in total. The van der Waals surface area contributed by atoms with E-state index < -0.39 is 0 Å². The number of hydrazone groups is 1. The van der Waals surface area contributed by atoms with Crippen LogP contribution in [0.3, 0.4) is 0 Å². The zero-order chi connectivity index (χ0) is 25.8. The number of aryl methyl sites for hydroxylation is 1. The van der Waals surface area contributed by atoms with Crippen molar-refractivity contribution in [3.8, 4) is 28.1 Å². The van der Waals surface area contributed by atoms with Gasteiger partial charge in [-0.25, -0.2) is 5.43 Å². The van der Waals surface area contributed by atoms with Crippen LogP contribution in [0.2, 0.25) is 0 Å². The summed E-state index contributed by atoms with van der Waals surface area (Å²) in [5.74, 6) is 0.0860. The van der Waals surface area contributed by atoms with Crippen molar-refractivity contribution in [1.82, 2.24) is 9.99 Å². The Balaban J connectivity index is 1.45. The topological polar surface area (TPSA) is 66.6 Å². The normalized spacial score (nSPS) is 11.3. The van der Waals surface area contributed by atoms with Crippen LogP contribution in [0.5, 0.6) is 5.75 Å². The molecule has 0 saturated heterocycles. The van der Waals surface area contributed by atoms with Gasteiger partial charge in [-0.05, 0) is 80.1 Å². The molecule has 0 saturated carbocycles. The first kappa shape index (κ1) is 25.5. The summed E-state index contributed by atoms with van der Waals surface area (Å²) in [6.07, 6.45) is 1.87. The van der Waals surface area contributed by atoms with Crippen LogP contribution in [0, 0.1) is 7.14 Å². The Morgan fingerprint density at radius 2 is 1.46 bits per heavy atom. The monoisotopic (exact) mass is 711 g/mol. The standard InChI is InChI=1S/C30H23I2N3O2/c31-24-17-20(18-25(32)30(24)37)19-33-34-27(36)15-16-35-26-14-8-7-13-23(26)28(21-9-3-1-4-10-21)29(35)22-11-5-2-6-12-22/h1-14,17-19,37H,15-16H2,(H,34,36). The average molecular weight is 711 g/mol. The molecule has 0 unspecified atom stereocenters. The van der Waals surface area contributed by atoms with Gasteiger partial charge >= 0.3 is 0 Å². The minimum Gasteiger partial charge on any atom is -0.506 e. The number of nitrogens with zero attached hydrogens (tertiary/aromatic N) is 2. The van der Waals surface area contributed by atoms with Gasteiger partial charge in [0.2, 0.25) is 5.91 Å². The van der Waals surface area contributed by atoms with Gasteiger partial charge in [0.05, 0.1) is 19.0 Å². The van der Waals surface area contributed by atoms with Crippen LogP contribution in [0.25, 0.3) is 33.3 Å². The van der Waals surface area contributed by atoms with Crippen LogP contribution in [0.4, 0.5) is 0 Å². The van der Waals surface area contributed by atoms with Crippen molar-refractivity contribution in [2.24, 2.45) is 5.10 Å². The summed E-state index contributed by atoms with van der Waals surface area (Å²) < 4.78 is 3.71. The molecule has 2 N–H and O–H groups in total. The van der Waals surface area contributed by atoms with Crippen LogP contribution >= 0.6 is 45.2 Å². The third-order valence-corrected chi connectivity index (χ3v) is 7.73. The number of hydrogen-bond acceptors (Lipinski definition) is 3. The molecule has 5 aromatic rings. The lowest BCUT2D eigenvalue weighted by molar-refractivity contribution is -0.121. The summed E-state index contributed by atoms with van der Waals surface area (Å²) >= 11 is 4.15. The molecule has 5 rings (SSSR count). The van der Waals surface area contributed by atoms with Gasteiger partial charge in [-0.3, -0.25) is 4.79 Å². The van der Waals surface area contributed by atoms with E-state index in [2.05, 4.69) is 115 Å². The smallest absolute Gasteiger partial charge is 0.241 e. The highest BCUT2D eigenvalue weighted by Gasteiger charge is 2.20. The summed E-state index contributed by atoms with van der Waals surface area (Å²) in [7, 11) is 0. The predicted molar refractivity (Wildman–Crippen MR) is 167 cm³/mol. The lowest BCUT2D eigenvalue weighted by Crippen LogP contribution is -2.19. The van der Waals surface area contributed by atoms with Crippen molar-refractivity contribution >= 4 is 68.2 Å². The molecule has 1 amide bonds. The molecule has 0 atom stereocenters. The minimum absolute atomic E-state index is 0.169. The first-order valence-electron chi connectivity index (χ1n) is 11.7. The van der Waals surface area contributed by atoms with Crippen molar-refractivity contribution in [1.29, 1.82) is 0 Å². The molecule has 184 valence electrons. The summed E-state index contributed by atoms with van der Waals surface area (Å²) in [4.78, 5) is 12.8. The zero-order valence-corrected chi connectivity index (χ0v) is 24.0. The minimum atomic E-state index is -0.169. The largest absolute Gasteiger partial charge is 0.506 e. The molecule has 1 aromatic heterocycles. The van der Waals surface area contributed by atoms with Gasteiger partial charge in [-0.15, -0.1) is 0 Å². The van der Waals surface area contributed by atoms with Gasteiger partial charge in [-0.2, -0.15) is 5.10 Å². The molecular formula is C30H23I2N3O2. The molecule has 0 spiro atoms. The number of carbonyl (C=O) groups excluding carboxylic acids is 1. The van der Waals surface area contributed by atoms with E-state index in [-0.39, 0.29) is 18.1 Å². The maximum absolute atomic E-state index is 12.8. The van der Waals surface area contributed by atoms with Crippen LogP contribution in [-0.4, -0.2) is 21.8 Å². The second kappa shape index (κ2) is 11.5. The lowest BCUT2D eigenvalue weighted by atomic mass is 9.98. The average Bonchev–Trinajstić information content (AvgIpc) is 3.26. The maximum Gasteiger partial charge on any atom is 0.241 e. The van der Waals surface area contributed by atoms with Gasteiger partial charge in [0.15, 0.2) is 0 Å². The Morgan fingerprint density at radius 3 is 2.14 bits per heavy atom. The Morgan fingerprint density at radius 1 is 0.865 bits per heavy atom. The number of aromatic hydroxyl groups is 1. The maximum atomic E-state index is 12.8. The molecule has 0 bridgehead atoms. The Kier molecular flexibility index (Phi) is 7.90. The molecule has 4 aromatic carbocycles. The third kappa shape index (κ3) is 5.57. The Hall–Kier alpha value is -3.18. The van der Waals surface area contributed by atoms with E-state index in [1.54, 1.807) is 6.21 Å². The molecule has 0 aliphatic carbocycles. The zero-order valence-electron chi connectivity index (χ0n) is 19.7. The van der Waals surface area contributed by atoms with Crippen molar-refractivity contribution in [2.75, 3.05) is 0 Å². The number of rotatable bonds is 7. The summed E-state index contributed by atoms with van der Waals surface area (Å²) in [6.45, 7) is 0.508. The molecule has 0 radical (unpaired) electrons. The highest BCUT2D eigenvalue weighted by molar-refractivity contribution is 14.1. The SMILES string of the molecule is O=C(CCn1c(-c2ccccc2)c(-c2ccccc2)c2ccccc21)NN=Cc1cc(I)c(O)c(I)c1. The van der Waals surface area contributed by atoms with Crippen molar-refractivity contribution in [3.63, 3.8) is 0 Å². The van der Waals surface area contributed by atoms with E-state index >= 15 is 0 Å². The fourth-order valence-electron chi connectivity index (χ4n) is 4.44. The fraction of sp³-hybridized carbons (Fsp3) is 0.0667. The van der Waals surface area contributed by atoms with E-state index in [1.165, 1.54) is 0 Å². The number of nitrogens with one attached hydrogen (secondary N) is 1. The summed E-state index contributed by atoms with van der Waals surface area (Å²) in [5.41, 5.74) is 9.05. The van der Waals surface area contributed by atoms with E-state index in [1.807, 2.05) is 42.5 Å². The number of fused-ring (bicyclic) bond motifs is 1. The van der Waals surface area contributed by atoms with E-state index in [9.17, 15) is 9.90 Å². The number of aromatic nitrogens is 1. The second-order valence-electron chi connectivity index (χ2n) is 8.50. The highest BCUT2D eigenvalue weighted by Crippen LogP contribution is 2.41.